The van der Waals surface area contributed by atoms with E-state index in [4.69, 9.17) is 5.26 Å². The number of piperazine rings is 1. The Kier molecular flexibility index (Phi) is 7.07. The Labute approximate surface area is 254 Å². The molecule has 3 aliphatic rings. The number of carbonyl (C=O) groups excluding carboxylic acids is 3. The van der Waals surface area contributed by atoms with E-state index in [1.807, 2.05) is 35.2 Å². The molecule has 3 heterocycles. The molecule has 4 aromatic rings. The van der Waals surface area contributed by atoms with Crippen LogP contribution in [-0.4, -0.2) is 54.8 Å². The lowest BCUT2D eigenvalue weighted by molar-refractivity contribution is -0.134. The van der Waals surface area contributed by atoms with Gasteiger partial charge in [-0.2, -0.15) is 5.26 Å². The van der Waals surface area contributed by atoms with Crippen LogP contribution >= 0.6 is 0 Å². The van der Waals surface area contributed by atoms with E-state index in [0.29, 0.717) is 29.7 Å². The van der Waals surface area contributed by atoms with Crippen molar-refractivity contribution in [1.29, 1.82) is 5.26 Å². The van der Waals surface area contributed by atoms with Gasteiger partial charge in [-0.3, -0.25) is 29.5 Å². The monoisotopic (exact) mass is 587 g/mol. The van der Waals surface area contributed by atoms with E-state index in [1.165, 1.54) is 11.6 Å². The zero-order chi connectivity index (χ0) is 30.4. The molecule has 7 rings (SSSR count). The van der Waals surface area contributed by atoms with Gasteiger partial charge in [-0.1, -0.05) is 42.5 Å². The normalized spacial score (nSPS) is 18.5. The molecule has 4 aromatic carbocycles. The number of halogens is 1. The third-order valence-electron chi connectivity index (χ3n) is 8.95. The predicted octanol–water partition coefficient (Wildman–Crippen LogP) is 4.53. The lowest BCUT2D eigenvalue weighted by Gasteiger charge is -2.36. The largest absolute Gasteiger partial charge is 0.367 e. The highest BCUT2D eigenvalue weighted by Crippen LogP contribution is 2.41. The van der Waals surface area contributed by atoms with Crippen LogP contribution in [0.1, 0.15) is 45.5 Å². The van der Waals surface area contributed by atoms with Crippen molar-refractivity contribution in [3.05, 3.63) is 106 Å². The van der Waals surface area contributed by atoms with Gasteiger partial charge in [0.15, 0.2) is 0 Å². The van der Waals surface area contributed by atoms with Crippen molar-refractivity contribution in [3.8, 4) is 6.07 Å². The van der Waals surface area contributed by atoms with Gasteiger partial charge in [0.2, 0.25) is 11.8 Å². The first kappa shape index (κ1) is 27.7. The molecule has 1 unspecified atom stereocenters. The van der Waals surface area contributed by atoms with Crippen molar-refractivity contribution in [1.82, 2.24) is 10.2 Å². The van der Waals surface area contributed by atoms with E-state index < -0.39 is 11.9 Å². The number of imide groups is 1. The Morgan fingerprint density at radius 1 is 0.886 bits per heavy atom. The van der Waals surface area contributed by atoms with Crippen LogP contribution in [0, 0.1) is 17.1 Å². The molecule has 1 N–H and O–H groups in total. The highest BCUT2D eigenvalue weighted by Gasteiger charge is 2.40. The Balaban J connectivity index is 1.03. The molecule has 220 valence electrons. The van der Waals surface area contributed by atoms with Gasteiger partial charge in [-0.05, 0) is 65.3 Å². The Bertz CT molecular complexity index is 1860. The maximum absolute atomic E-state index is 14.5. The molecular weight excluding hydrogens is 557 g/mol. The lowest BCUT2D eigenvalue weighted by atomic mass is 9.95. The summed E-state index contributed by atoms with van der Waals surface area (Å²) in [5, 5.41) is 13.2. The van der Waals surface area contributed by atoms with Crippen LogP contribution in [0.25, 0.3) is 10.8 Å². The predicted molar refractivity (Wildman–Crippen MR) is 165 cm³/mol. The number of hydrogen-bond acceptors (Lipinski definition) is 6. The molecule has 44 heavy (non-hydrogen) atoms. The fourth-order valence-corrected chi connectivity index (χ4v) is 6.68. The molecule has 0 aliphatic carbocycles. The number of piperidine rings is 1. The van der Waals surface area contributed by atoms with Gasteiger partial charge in [-0.15, -0.1) is 0 Å². The zero-order valence-electron chi connectivity index (χ0n) is 24.1. The molecule has 9 heteroatoms. The molecule has 0 aromatic heterocycles. The number of nitrogens with one attached hydrogen (secondary N) is 1. The molecular formula is C35H30FN5O3. The van der Waals surface area contributed by atoms with Gasteiger partial charge in [0.05, 0.1) is 23.0 Å². The van der Waals surface area contributed by atoms with Crippen LogP contribution in [0.3, 0.4) is 0 Å². The maximum Gasteiger partial charge on any atom is 0.259 e. The summed E-state index contributed by atoms with van der Waals surface area (Å²) in [6, 6.07) is 24.2. The van der Waals surface area contributed by atoms with Gasteiger partial charge >= 0.3 is 0 Å². The van der Waals surface area contributed by atoms with E-state index in [-0.39, 0.29) is 24.1 Å². The van der Waals surface area contributed by atoms with Crippen LogP contribution in [-0.2, 0) is 22.6 Å². The van der Waals surface area contributed by atoms with Crippen LogP contribution in [0.2, 0.25) is 0 Å². The summed E-state index contributed by atoms with van der Waals surface area (Å²) in [6.45, 7) is 3.88. The molecule has 1 atom stereocenters. The van der Waals surface area contributed by atoms with E-state index >= 15 is 0 Å². The Morgan fingerprint density at radius 2 is 1.64 bits per heavy atom. The van der Waals surface area contributed by atoms with Gasteiger partial charge in [0.25, 0.3) is 5.91 Å². The second kappa shape index (κ2) is 11.2. The summed E-state index contributed by atoms with van der Waals surface area (Å²) < 4.78 is 14.5. The van der Waals surface area contributed by atoms with Crippen LogP contribution in [0.4, 0.5) is 15.8 Å². The van der Waals surface area contributed by atoms with Crippen molar-refractivity contribution in [2.24, 2.45) is 0 Å². The Hall–Kier alpha value is -5.07. The molecule has 0 saturated carbocycles. The number of benzene rings is 4. The average Bonchev–Trinajstić information content (AvgIpc) is 3.32. The number of nitriles is 1. The van der Waals surface area contributed by atoms with Crippen molar-refractivity contribution in [3.63, 3.8) is 0 Å². The summed E-state index contributed by atoms with van der Waals surface area (Å²) >= 11 is 0. The van der Waals surface area contributed by atoms with E-state index in [1.54, 1.807) is 23.1 Å². The molecule has 0 spiro atoms. The summed E-state index contributed by atoms with van der Waals surface area (Å²) in [5.74, 6) is -1.29. The van der Waals surface area contributed by atoms with Crippen LogP contribution in [0.5, 0.6) is 0 Å². The minimum atomic E-state index is -0.700. The summed E-state index contributed by atoms with van der Waals surface area (Å²) in [7, 11) is 0. The van der Waals surface area contributed by atoms with E-state index in [2.05, 4.69) is 34.5 Å². The second-order valence-electron chi connectivity index (χ2n) is 11.6. The first-order valence-corrected chi connectivity index (χ1v) is 14.9. The fraction of sp³-hybridized carbons (Fsp3) is 0.257. The highest BCUT2D eigenvalue weighted by atomic mass is 19.1. The molecule has 3 aliphatic heterocycles. The van der Waals surface area contributed by atoms with Crippen molar-refractivity contribution < 1.29 is 18.8 Å². The fourth-order valence-electron chi connectivity index (χ4n) is 6.68. The molecule has 2 saturated heterocycles. The summed E-state index contributed by atoms with van der Waals surface area (Å²) in [4.78, 5) is 43.7. The Morgan fingerprint density at radius 3 is 2.36 bits per heavy atom. The zero-order valence-corrected chi connectivity index (χ0v) is 24.1. The molecule has 8 nitrogen and oxygen atoms in total. The standard InChI is InChI=1S/C35H30FN5O3/c36-28-19-24(20-37)8-10-29(28)40-16-14-39(15-17-40)21-23-6-4-22(5-7-23)18-25-9-11-30-33-26(25)2-1-3-27(33)35(44)41(30)31-12-13-32(42)38-34(31)43/h1-11,19,31H,12-18,21H2,(H,38,42,43). The van der Waals surface area contributed by atoms with Crippen molar-refractivity contribution in [2.45, 2.75) is 31.8 Å². The topological polar surface area (TPSA) is 96.8 Å². The quantitative estimate of drug-likeness (QED) is 0.333. The number of carbonyl (C=O) groups is 3. The molecule has 0 bridgehead atoms. The smallest absolute Gasteiger partial charge is 0.259 e. The van der Waals surface area contributed by atoms with Gasteiger partial charge in [-0.25, -0.2) is 4.39 Å². The maximum atomic E-state index is 14.5. The lowest BCUT2D eigenvalue weighted by Crippen LogP contribution is -2.53. The van der Waals surface area contributed by atoms with Crippen molar-refractivity contribution >= 4 is 39.9 Å². The van der Waals surface area contributed by atoms with E-state index in [9.17, 15) is 18.8 Å². The molecule has 2 fully saturated rings. The molecule has 3 amide bonds. The number of anilines is 2. The number of rotatable bonds is 6. The summed E-state index contributed by atoms with van der Waals surface area (Å²) in [5.41, 5.74) is 5.64. The first-order chi connectivity index (χ1) is 21.4. The first-order valence-electron chi connectivity index (χ1n) is 14.9. The van der Waals surface area contributed by atoms with Gasteiger partial charge in [0.1, 0.15) is 11.9 Å². The number of amides is 3. The number of nitrogens with zero attached hydrogens (tertiary/aromatic N) is 4. The molecule has 0 radical (unpaired) electrons. The minimum Gasteiger partial charge on any atom is -0.367 e. The second-order valence-corrected chi connectivity index (χ2v) is 11.6. The third kappa shape index (κ3) is 4.97. The van der Waals surface area contributed by atoms with Gasteiger partial charge < -0.3 is 4.90 Å². The van der Waals surface area contributed by atoms with Crippen LogP contribution < -0.4 is 15.1 Å². The average molecular weight is 588 g/mol. The van der Waals surface area contributed by atoms with Crippen LogP contribution in [0.15, 0.2) is 72.8 Å². The SMILES string of the molecule is N#Cc1ccc(N2CCN(Cc3ccc(Cc4ccc5c6c(cccc46)C(=O)N5C4CCC(=O)NC4=O)cc3)CC2)c(F)c1. The minimum absolute atomic E-state index is 0.204. The number of hydrogen-bond donors (Lipinski definition) is 1. The highest BCUT2D eigenvalue weighted by molar-refractivity contribution is 6.27. The summed E-state index contributed by atoms with van der Waals surface area (Å²) in [6.07, 6.45) is 1.22. The third-order valence-corrected chi connectivity index (χ3v) is 8.95. The van der Waals surface area contributed by atoms with E-state index in [0.717, 1.165) is 60.3 Å². The van der Waals surface area contributed by atoms with Gasteiger partial charge in [0, 0.05) is 50.1 Å². The van der Waals surface area contributed by atoms with Crippen molar-refractivity contribution in [2.75, 3.05) is 36.0 Å².